The predicted octanol–water partition coefficient (Wildman–Crippen LogP) is 4.62. The van der Waals surface area contributed by atoms with Crippen LogP contribution in [0.1, 0.15) is 66.3 Å². The molecule has 3 atom stereocenters. The number of carboxylic acid groups (broad SMARTS) is 1. The van der Waals surface area contributed by atoms with Gasteiger partial charge < -0.3 is 19.6 Å². The second-order valence-corrected chi connectivity index (χ2v) is 11.6. The number of likely N-dealkylation sites (tertiary alicyclic amines) is 1. The van der Waals surface area contributed by atoms with E-state index in [1.165, 1.54) is 11.5 Å². The topological polar surface area (TPSA) is 100 Å². The highest BCUT2D eigenvalue weighted by molar-refractivity contribution is 7.05. The molecule has 2 amide bonds. The molecule has 10 heteroatoms. The molecule has 1 aliphatic carbocycles. The van der Waals surface area contributed by atoms with Crippen molar-refractivity contribution in [3.8, 4) is 5.75 Å². The monoisotopic (exact) mass is 545 g/mol. The first-order chi connectivity index (χ1) is 17.8. The second kappa shape index (κ2) is 11.0. The number of hydrogen-bond donors (Lipinski definition) is 1. The van der Waals surface area contributed by atoms with Crippen LogP contribution in [0.3, 0.4) is 0 Å². The predicted molar refractivity (Wildman–Crippen MR) is 140 cm³/mol. The van der Waals surface area contributed by atoms with Gasteiger partial charge in [-0.05, 0) is 67.9 Å². The van der Waals surface area contributed by atoms with Gasteiger partial charge >= 0.3 is 5.97 Å². The molecule has 1 saturated carbocycles. The Morgan fingerprint density at radius 3 is 2.62 bits per heavy atom. The van der Waals surface area contributed by atoms with Crippen LogP contribution in [0.4, 0.5) is 0 Å². The number of carboxylic acids is 1. The fourth-order valence-electron chi connectivity index (χ4n) is 6.04. The molecule has 0 bridgehead atoms. The number of halogens is 1. The van der Waals surface area contributed by atoms with Gasteiger partial charge in [0, 0.05) is 41.5 Å². The molecule has 3 heterocycles. The van der Waals surface area contributed by atoms with Gasteiger partial charge in [-0.15, -0.1) is 0 Å². The van der Waals surface area contributed by atoms with Crippen LogP contribution in [0.15, 0.2) is 18.2 Å². The largest absolute Gasteiger partial charge is 0.487 e. The van der Waals surface area contributed by atoms with Crippen molar-refractivity contribution in [1.29, 1.82) is 0 Å². The minimum atomic E-state index is -0.910. The lowest BCUT2D eigenvalue weighted by Gasteiger charge is -2.43. The summed E-state index contributed by atoms with van der Waals surface area (Å²) in [5, 5.41) is 10.4. The van der Waals surface area contributed by atoms with Gasteiger partial charge in [0.25, 0.3) is 0 Å². The molecule has 2 aromatic rings. The molecule has 2 aliphatic heterocycles. The SMILES string of the molecule is Cc1cc(COc2ccc(Cl)c3c2[C@@H](CN2CCCC2=O)N(C(=O)C2CCCCC2C(=O)O)CC3)ns1. The standard InChI is InChI=1S/C27H32ClN3O5S/c1-16-13-17(29-37-16)15-36-23-9-8-21(28)20-10-12-31(22(25(20)23)14-30-11-4-7-24(30)32)26(33)18-5-2-3-6-19(18)27(34)35/h8-9,13,18-19,22H,2-7,10-12,14-15H2,1H3,(H,34,35)/t18?,19?,22-/m1/s1. The lowest BCUT2D eigenvalue weighted by Crippen LogP contribution is -2.50. The summed E-state index contributed by atoms with van der Waals surface area (Å²) < 4.78 is 10.7. The molecule has 3 aliphatic rings. The van der Waals surface area contributed by atoms with E-state index in [1.807, 2.05) is 30.0 Å². The van der Waals surface area contributed by atoms with Gasteiger partial charge in [0.05, 0.1) is 23.6 Å². The second-order valence-electron chi connectivity index (χ2n) is 10.2. The number of hydrogen-bond acceptors (Lipinski definition) is 6. The molecule has 2 unspecified atom stereocenters. The number of aryl methyl sites for hydroxylation is 1. The Labute approximate surface area is 225 Å². The van der Waals surface area contributed by atoms with Crippen LogP contribution in [0.2, 0.25) is 5.02 Å². The van der Waals surface area contributed by atoms with E-state index in [9.17, 15) is 19.5 Å². The number of benzene rings is 1. The Kier molecular flexibility index (Phi) is 7.72. The van der Waals surface area contributed by atoms with Crippen molar-refractivity contribution in [3.05, 3.63) is 44.9 Å². The first-order valence-electron chi connectivity index (χ1n) is 13.0. The van der Waals surface area contributed by atoms with Crippen molar-refractivity contribution in [1.82, 2.24) is 14.2 Å². The maximum atomic E-state index is 14.0. The lowest BCUT2D eigenvalue weighted by molar-refractivity contribution is -0.154. The summed E-state index contributed by atoms with van der Waals surface area (Å²) in [7, 11) is 0. The first-order valence-corrected chi connectivity index (χ1v) is 14.2. The summed E-state index contributed by atoms with van der Waals surface area (Å²) in [6.45, 7) is 3.69. The fraction of sp³-hybridized carbons (Fsp3) is 0.556. The zero-order valence-electron chi connectivity index (χ0n) is 21.0. The van der Waals surface area contributed by atoms with E-state index in [2.05, 4.69) is 4.37 Å². The number of aromatic nitrogens is 1. The molecule has 5 rings (SSSR count). The maximum Gasteiger partial charge on any atom is 0.307 e. The van der Waals surface area contributed by atoms with Crippen LogP contribution in [0.25, 0.3) is 0 Å². The highest BCUT2D eigenvalue weighted by Crippen LogP contribution is 2.43. The number of nitrogens with zero attached hydrogens (tertiary/aromatic N) is 3. The minimum Gasteiger partial charge on any atom is -0.487 e. The zero-order chi connectivity index (χ0) is 26.1. The van der Waals surface area contributed by atoms with Crippen molar-refractivity contribution in [2.75, 3.05) is 19.6 Å². The number of amides is 2. The molecule has 0 spiro atoms. The van der Waals surface area contributed by atoms with E-state index in [1.54, 1.807) is 4.90 Å². The van der Waals surface area contributed by atoms with E-state index in [0.29, 0.717) is 56.1 Å². The summed E-state index contributed by atoms with van der Waals surface area (Å²) in [4.78, 5) is 43.3. The van der Waals surface area contributed by atoms with Gasteiger partial charge in [-0.1, -0.05) is 24.4 Å². The number of carbonyl (C=O) groups excluding carboxylic acids is 2. The van der Waals surface area contributed by atoms with Crippen LogP contribution in [-0.4, -0.2) is 56.7 Å². The molecular formula is C27H32ClN3O5S. The van der Waals surface area contributed by atoms with Crippen molar-refractivity contribution in [3.63, 3.8) is 0 Å². The summed E-state index contributed by atoms with van der Waals surface area (Å²) in [6, 6.07) is 5.17. The zero-order valence-corrected chi connectivity index (χ0v) is 22.5. The van der Waals surface area contributed by atoms with E-state index >= 15 is 0 Å². The molecule has 1 aromatic heterocycles. The van der Waals surface area contributed by atoms with Gasteiger partial charge in [0.15, 0.2) is 0 Å². The normalized spacial score (nSPS) is 23.7. The summed E-state index contributed by atoms with van der Waals surface area (Å²) >= 11 is 8.08. The maximum absolute atomic E-state index is 14.0. The summed E-state index contributed by atoms with van der Waals surface area (Å²) in [5.41, 5.74) is 2.57. The molecule has 8 nitrogen and oxygen atoms in total. The Hall–Kier alpha value is -2.65. The highest BCUT2D eigenvalue weighted by Gasteiger charge is 2.43. The molecule has 2 fully saturated rings. The van der Waals surface area contributed by atoms with E-state index < -0.39 is 23.8 Å². The molecule has 1 N–H and O–H groups in total. The quantitative estimate of drug-likeness (QED) is 0.545. The van der Waals surface area contributed by atoms with Gasteiger partial charge in [-0.3, -0.25) is 14.4 Å². The third kappa shape index (κ3) is 5.34. The highest BCUT2D eigenvalue weighted by atomic mass is 35.5. The third-order valence-corrected chi connectivity index (χ3v) is 8.96. The molecular weight excluding hydrogens is 514 g/mol. The Morgan fingerprint density at radius 2 is 1.95 bits per heavy atom. The van der Waals surface area contributed by atoms with Gasteiger partial charge in [0.2, 0.25) is 11.8 Å². The van der Waals surface area contributed by atoms with Gasteiger partial charge in [-0.25, -0.2) is 0 Å². The van der Waals surface area contributed by atoms with Crippen LogP contribution in [0.5, 0.6) is 5.75 Å². The number of carbonyl (C=O) groups is 3. The number of aliphatic carboxylic acids is 1. The lowest BCUT2D eigenvalue weighted by atomic mass is 9.77. The van der Waals surface area contributed by atoms with Gasteiger partial charge in [-0.2, -0.15) is 4.37 Å². The van der Waals surface area contributed by atoms with E-state index in [0.717, 1.165) is 41.0 Å². The van der Waals surface area contributed by atoms with E-state index in [-0.39, 0.29) is 18.4 Å². The number of fused-ring (bicyclic) bond motifs is 1. The molecule has 1 saturated heterocycles. The van der Waals surface area contributed by atoms with Crippen molar-refractivity contribution in [2.45, 2.75) is 64.5 Å². The summed E-state index contributed by atoms with van der Waals surface area (Å²) in [6.07, 6.45) is 4.57. The van der Waals surface area contributed by atoms with Crippen LogP contribution < -0.4 is 4.74 Å². The van der Waals surface area contributed by atoms with Crippen LogP contribution >= 0.6 is 23.1 Å². The molecule has 0 radical (unpaired) electrons. The number of rotatable bonds is 7. The minimum absolute atomic E-state index is 0.0723. The van der Waals surface area contributed by atoms with Crippen molar-refractivity contribution >= 4 is 40.9 Å². The first kappa shape index (κ1) is 26.0. The van der Waals surface area contributed by atoms with Crippen LogP contribution in [0, 0.1) is 18.8 Å². The fourth-order valence-corrected chi connectivity index (χ4v) is 6.85. The van der Waals surface area contributed by atoms with E-state index in [4.69, 9.17) is 16.3 Å². The Bertz CT molecular complexity index is 1200. The van der Waals surface area contributed by atoms with Gasteiger partial charge in [0.1, 0.15) is 12.4 Å². The molecule has 37 heavy (non-hydrogen) atoms. The van der Waals surface area contributed by atoms with Crippen LogP contribution in [-0.2, 0) is 27.4 Å². The average Bonchev–Trinajstić information content (AvgIpc) is 3.50. The average molecular weight is 546 g/mol. The van der Waals surface area contributed by atoms with Crippen molar-refractivity contribution in [2.24, 2.45) is 11.8 Å². The third-order valence-electron chi connectivity index (χ3n) is 7.87. The summed E-state index contributed by atoms with van der Waals surface area (Å²) in [5.74, 6) is -1.60. The Morgan fingerprint density at radius 1 is 1.16 bits per heavy atom. The smallest absolute Gasteiger partial charge is 0.307 e. The molecule has 198 valence electrons. The van der Waals surface area contributed by atoms with Crippen molar-refractivity contribution < 1.29 is 24.2 Å². The number of ether oxygens (including phenoxy) is 1. The molecule has 1 aromatic carbocycles. The Balaban J connectivity index is 1.51.